The fraction of sp³-hybridized carbons (Fsp3) is 0.429. The molecule has 4 nitrogen and oxygen atoms in total. The first-order valence-electron chi connectivity index (χ1n) is 6.14. The Kier molecular flexibility index (Phi) is 3.97. The molecule has 1 heterocycles. The number of benzene rings is 1. The van der Waals surface area contributed by atoms with Gasteiger partial charge in [0.2, 0.25) is 5.91 Å². The minimum Gasteiger partial charge on any atom is -0.466 e. The Labute approximate surface area is 106 Å². The van der Waals surface area contributed by atoms with Crippen LogP contribution in [-0.2, 0) is 20.7 Å². The molecular weight excluding hydrogens is 230 g/mol. The van der Waals surface area contributed by atoms with Crippen LogP contribution in [0.25, 0.3) is 0 Å². The Morgan fingerprint density at radius 2 is 2.06 bits per heavy atom. The highest BCUT2D eigenvalue weighted by Crippen LogP contribution is 2.22. The molecule has 18 heavy (non-hydrogen) atoms. The van der Waals surface area contributed by atoms with Gasteiger partial charge in [0.25, 0.3) is 0 Å². The molecule has 1 aromatic carbocycles. The Balaban J connectivity index is 1.83. The van der Waals surface area contributed by atoms with E-state index in [0.29, 0.717) is 13.0 Å². The third-order valence-corrected chi connectivity index (χ3v) is 3.18. The number of ether oxygens (including phenoxy) is 1. The predicted molar refractivity (Wildman–Crippen MR) is 66.8 cm³/mol. The van der Waals surface area contributed by atoms with E-state index in [2.05, 4.69) is 5.32 Å². The van der Waals surface area contributed by atoms with Gasteiger partial charge in [-0.2, -0.15) is 0 Å². The summed E-state index contributed by atoms with van der Waals surface area (Å²) in [6, 6.07) is 10.1. The number of amides is 1. The van der Waals surface area contributed by atoms with Gasteiger partial charge in [-0.15, -0.1) is 0 Å². The fourth-order valence-electron chi connectivity index (χ4n) is 2.18. The van der Waals surface area contributed by atoms with Crippen LogP contribution in [0.2, 0.25) is 0 Å². The monoisotopic (exact) mass is 247 g/mol. The first-order chi connectivity index (χ1) is 8.66. The van der Waals surface area contributed by atoms with Crippen LogP contribution in [0.1, 0.15) is 18.9 Å². The lowest BCUT2D eigenvalue weighted by atomic mass is 9.83. The van der Waals surface area contributed by atoms with Gasteiger partial charge >= 0.3 is 5.97 Å². The summed E-state index contributed by atoms with van der Waals surface area (Å²) in [5, 5.41) is 2.86. The molecule has 1 N–H and O–H groups in total. The maximum absolute atomic E-state index is 11.5. The smallest absolute Gasteiger partial charge is 0.302 e. The van der Waals surface area contributed by atoms with Crippen LogP contribution in [0.3, 0.4) is 0 Å². The molecule has 0 aliphatic carbocycles. The summed E-state index contributed by atoms with van der Waals surface area (Å²) in [5.74, 6) is -0.185. The average molecular weight is 247 g/mol. The second-order valence-electron chi connectivity index (χ2n) is 4.54. The largest absolute Gasteiger partial charge is 0.466 e. The van der Waals surface area contributed by atoms with E-state index in [9.17, 15) is 9.59 Å². The molecule has 96 valence electrons. The summed E-state index contributed by atoms with van der Waals surface area (Å²) in [6.45, 7) is 1.76. The Hall–Kier alpha value is -1.84. The van der Waals surface area contributed by atoms with Crippen LogP contribution in [0.4, 0.5) is 0 Å². The minimum atomic E-state index is -0.278. The van der Waals surface area contributed by atoms with Crippen molar-refractivity contribution < 1.29 is 14.3 Å². The Morgan fingerprint density at radius 1 is 1.33 bits per heavy atom. The minimum absolute atomic E-state index is 0.00274. The van der Waals surface area contributed by atoms with E-state index in [0.717, 1.165) is 12.0 Å². The van der Waals surface area contributed by atoms with Crippen LogP contribution in [0.5, 0.6) is 0 Å². The molecule has 0 bridgehead atoms. The zero-order valence-electron chi connectivity index (χ0n) is 10.4. The van der Waals surface area contributed by atoms with Crippen molar-refractivity contribution in [2.24, 2.45) is 5.92 Å². The summed E-state index contributed by atoms with van der Waals surface area (Å²) in [6.07, 6.45) is 1.43. The maximum Gasteiger partial charge on any atom is 0.302 e. The van der Waals surface area contributed by atoms with Gasteiger partial charge in [0.15, 0.2) is 0 Å². The van der Waals surface area contributed by atoms with Gasteiger partial charge in [-0.3, -0.25) is 9.59 Å². The van der Waals surface area contributed by atoms with Crippen molar-refractivity contribution in [3.63, 3.8) is 0 Å². The van der Waals surface area contributed by atoms with E-state index in [1.165, 1.54) is 6.92 Å². The summed E-state index contributed by atoms with van der Waals surface area (Å²) in [7, 11) is 0. The van der Waals surface area contributed by atoms with Gasteiger partial charge in [-0.1, -0.05) is 30.3 Å². The van der Waals surface area contributed by atoms with Gasteiger partial charge in [0, 0.05) is 19.4 Å². The van der Waals surface area contributed by atoms with Gasteiger partial charge < -0.3 is 10.1 Å². The highest BCUT2D eigenvalue weighted by atomic mass is 16.5. The zero-order valence-corrected chi connectivity index (χ0v) is 10.4. The molecule has 0 radical (unpaired) electrons. The zero-order chi connectivity index (χ0) is 13.0. The first kappa shape index (κ1) is 12.6. The lowest BCUT2D eigenvalue weighted by Gasteiger charge is -2.36. The molecule has 0 spiro atoms. The lowest BCUT2D eigenvalue weighted by Crippen LogP contribution is -2.59. The number of hydrogen-bond acceptors (Lipinski definition) is 3. The quantitative estimate of drug-likeness (QED) is 0.630. The summed E-state index contributed by atoms with van der Waals surface area (Å²) in [4.78, 5) is 22.2. The normalized spacial score (nSPS) is 21.9. The molecule has 1 aromatic rings. The van der Waals surface area contributed by atoms with Crippen LogP contribution < -0.4 is 5.32 Å². The number of hydrogen-bond donors (Lipinski definition) is 1. The van der Waals surface area contributed by atoms with Gasteiger partial charge in [0.05, 0.1) is 12.5 Å². The molecule has 2 rings (SSSR count). The second kappa shape index (κ2) is 5.67. The summed E-state index contributed by atoms with van der Waals surface area (Å²) >= 11 is 0. The molecule has 0 unspecified atom stereocenters. The van der Waals surface area contributed by atoms with E-state index in [1.54, 1.807) is 0 Å². The molecule has 1 aliphatic heterocycles. The van der Waals surface area contributed by atoms with E-state index >= 15 is 0 Å². The maximum atomic E-state index is 11.5. The van der Waals surface area contributed by atoms with Crippen molar-refractivity contribution in [2.75, 3.05) is 6.61 Å². The van der Waals surface area contributed by atoms with Crippen molar-refractivity contribution >= 4 is 11.9 Å². The highest BCUT2D eigenvalue weighted by molar-refractivity contribution is 5.86. The Bertz CT molecular complexity index is 430. The predicted octanol–water partition coefficient (Wildman–Crippen LogP) is 1.30. The molecule has 4 heteroatoms. The van der Waals surface area contributed by atoms with Crippen LogP contribution in [0.15, 0.2) is 30.3 Å². The van der Waals surface area contributed by atoms with E-state index < -0.39 is 0 Å². The third-order valence-electron chi connectivity index (χ3n) is 3.18. The lowest BCUT2D eigenvalue weighted by molar-refractivity contribution is -0.142. The first-order valence-corrected chi connectivity index (χ1v) is 6.14. The highest BCUT2D eigenvalue weighted by Gasteiger charge is 2.38. The molecular formula is C14H17NO3. The van der Waals surface area contributed by atoms with Crippen LogP contribution >= 0.6 is 0 Å². The van der Waals surface area contributed by atoms with Crippen molar-refractivity contribution in [1.82, 2.24) is 5.32 Å². The number of carbonyl (C=O) groups excluding carboxylic acids is 2. The number of carbonyl (C=O) groups is 2. The van der Waals surface area contributed by atoms with Gasteiger partial charge in [-0.25, -0.2) is 0 Å². The van der Waals surface area contributed by atoms with Crippen molar-refractivity contribution in [3.05, 3.63) is 35.9 Å². The van der Waals surface area contributed by atoms with E-state index in [1.807, 2.05) is 30.3 Å². The third kappa shape index (κ3) is 3.09. The van der Waals surface area contributed by atoms with E-state index in [4.69, 9.17) is 4.74 Å². The molecule has 2 atom stereocenters. The van der Waals surface area contributed by atoms with Crippen LogP contribution in [0, 0.1) is 5.92 Å². The summed E-state index contributed by atoms with van der Waals surface area (Å²) in [5.41, 5.74) is 1.16. The number of rotatable bonds is 5. The molecule has 1 aliphatic rings. The fourth-order valence-corrected chi connectivity index (χ4v) is 2.18. The molecule has 0 aromatic heterocycles. The summed E-state index contributed by atoms with van der Waals surface area (Å²) < 4.78 is 4.89. The standard InChI is InChI=1S/C14H17NO3/c1-10(16)18-8-7-13-12(14(17)15-13)9-11-5-3-2-4-6-11/h2-6,12-13H,7-9H2,1H3,(H,15,17)/t12-,13-/m1/s1. The van der Waals surface area contributed by atoms with Gasteiger partial charge in [-0.05, 0) is 12.0 Å². The molecule has 1 amide bonds. The molecule has 1 fully saturated rings. The van der Waals surface area contributed by atoms with Crippen molar-refractivity contribution in [2.45, 2.75) is 25.8 Å². The van der Waals surface area contributed by atoms with E-state index in [-0.39, 0.29) is 23.8 Å². The SMILES string of the molecule is CC(=O)OCC[C@H]1NC(=O)[C@@H]1Cc1ccccc1. The Morgan fingerprint density at radius 3 is 2.67 bits per heavy atom. The van der Waals surface area contributed by atoms with Crippen molar-refractivity contribution in [3.8, 4) is 0 Å². The van der Waals surface area contributed by atoms with Crippen molar-refractivity contribution in [1.29, 1.82) is 0 Å². The van der Waals surface area contributed by atoms with Crippen LogP contribution in [-0.4, -0.2) is 24.5 Å². The molecule has 0 saturated carbocycles. The topological polar surface area (TPSA) is 55.4 Å². The number of esters is 1. The molecule has 1 saturated heterocycles. The number of β-lactam (4-membered cyclic amide) rings is 1. The number of nitrogens with one attached hydrogen (secondary N) is 1. The second-order valence-corrected chi connectivity index (χ2v) is 4.54. The van der Waals surface area contributed by atoms with Gasteiger partial charge in [0.1, 0.15) is 0 Å². The average Bonchev–Trinajstić information content (AvgIpc) is 2.36.